The lowest BCUT2D eigenvalue weighted by atomic mass is 9.77. The van der Waals surface area contributed by atoms with Crippen molar-refractivity contribution in [1.29, 1.82) is 0 Å². The lowest BCUT2D eigenvalue weighted by molar-refractivity contribution is -0.138. The third-order valence-electron chi connectivity index (χ3n) is 7.14. The Bertz CT molecular complexity index is 937. The van der Waals surface area contributed by atoms with Gasteiger partial charge in [0.15, 0.2) is 0 Å². The quantitative estimate of drug-likeness (QED) is 0.807. The van der Waals surface area contributed by atoms with Crippen LogP contribution in [0.5, 0.6) is 0 Å². The highest BCUT2D eigenvalue weighted by Crippen LogP contribution is 2.39. The Balaban J connectivity index is 1.29. The smallest absolute Gasteiger partial charge is 0.253 e. The largest absolute Gasteiger partial charge is 0.342 e. The fourth-order valence-electron chi connectivity index (χ4n) is 5.32. The number of likely N-dealkylation sites (tertiary alicyclic amines) is 3. The summed E-state index contributed by atoms with van der Waals surface area (Å²) in [5.41, 5.74) is 0.764. The molecule has 3 aliphatic rings. The molecular formula is C24H29N3O2. The van der Waals surface area contributed by atoms with Gasteiger partial charge in [0.2, 0.25) is 5.91 Å². The van der Waals surface area contributed by atoms with Gasteiger partial charge in [0.1, 0.15) is 0 Å². The number of carbonyl (C=O) groups is 2. The third kappa shape index (κ3) is 3.42. The van der Waals surface area contributed by atoms with E-state index in [0.29, 0.717) is 6.54 Å². The predicted octanol–water partition coefficient (Wildman–Crippen LogP) is 3.14. The molecule has 1 spiro atoms. The minimum Gasteiger partial charge on any atom is -0.342 e. The second-order valence-corrected chi connectivity index (χ2v) is 8.88. The van der Waals surface area contributed by atoms with Gasteiger partial charge in [-0.05, 0) is 55.0 Å². The molecule has 0 aromatic heterocycles. The van der Waals surface area contributed by atoms with Gasteiger partial charge >= 0.3 is 0 Å². The van der Waals surface area contributed by atoms with Crippen molar-refractivity contribution in [3.05, 3.63) is 48.0 Å². The van der Waals surface area contributed by atoms with Gasteiger partial charge in [-0.3, -0.25) is 14.5 Å². The average Bonchev–Trinajstić information content (AvgIpc) is 3.31. The molecule has 0 bridgehead atoms. The van der Waals surface area contributed by atoms with E-state index < -0.39 is 0 Å². The van der Waals surface area contributed by atoms with Crippen molar-refractivity contribution < 1.29 is 9.59 Å². The van der Waals surface area contributed by atoms with Crippen molar-refractivity contribution in [2.24, 2.45) is 0 Å². The van der Waals surface area contributed by atoms with Crippen LogP contribution in [0.4, 0.5) is 0 Å². The minimum atomic E-state index is 0.000141. The number of nitrogens with zero attached hydrogens (tertiary/aromatic N) is 3. The average molecular weight is 392 g/mol. The number of rotatable bonds is 3. The number of amides is 2. The van der Waals surface area contributed by atoms with Crippen LogP contribution in [-0.4, -0.2) is 71.3 Å². The first-order chi connectivity index (χ1) is 14.1. The number of hydrogen-bond acceptors (Lipinski definition) is 3. The topological polar surface area (TPSA) is 43.9 Å². The Morgan fingerprint density at radius 1 is 0.828 bits per heavy atom. The summed E-state index contributed by atoms with van der Waals surface area (Å²) in [6.07, 6.45) is 5.44. The van der Waals surface area contributed by atoms with Crippen LogP contribution in [-0.2, 0) is 4.79 Å². The zero-order valence-electron chi connectivity index (χ0n) is 17.0. The molecule has 5 heteroatoms. The summed E-state index contributed by atoms with van der Waals surface area (Å²) in [5, 5.41) is 2.26. The molecule has 29 heavy (non-hydrogen) atoms. The van der Waals surface area contributed by atoms with Crippen molar-refractivity contribution in [3.8, 4) is 0 Å². The van der Waals surface area contributed by atoms with Crippen LogP contribution in [0.25, 0.3) is 10.8 Å². The number of piperidine rings is 1. The van der Waals surface area contributed by atoms with Gasteiger partial charge in [-0.15, -0.1) is 0 Å². The van der Waals surface area contributed by atoms with E-state index in [2.05, 4.69) is 17.0 Å². The summed E-state index contributed by atoms with van der Waals surface area (Å²) in [4.78, 5) is 32.2. The van der Waals surface area contributed by atoms with Crippen molar-refractivity contribution in [2.45, 2.75) is 37.6 Å². The van der Waals surface area contributed by atoms with E-state index >= 15 is 0 Å². The molecular weight excluding hydrogens is 362 g/mol. The van der Waals surface area contributed by atoms with Crippen LogP contribution in [0.1, 0.15) is 42.5 Å². The van der Waals surface area contributed by atoms with Gasteiger partial charge < -0.3 is 9.80 Å². The first-order valence-electron chi connectivity index (χ1n) is 11.0. The molecule has 152 valence electrons. The van der Waals surface area contributed by atoms with E-state index in [0.717, 1.165) is 81.2 Å². The maximum atomic E-state index is 13.2. The number of fused-ring (bicyclic) bond motifs is 1. The lowest BCUT2D eigenvalue weighted by Crippen LogP contribution is -2.68. The Hall–Kier alpha value is -2.40. The number of benzene rings is 2. The molecule has 0 saturated carbocycles. The highest BCUT2D eigenvalue weighted by molar-refractivity contribution is 5.98. The first-order valence-corrected chi connectivity index (χ1v) is 11.0. The van der Waals surface area contributed by atoms with Crippen molar-refractivity contribution in [2.75, 3.05) is 39.3 Å². The van der Waals surface area contributed by atoms with Gasteiger partial charge in [-0.2, -0.15) is 0 Å². The molecule has 5 rings (SSSR count). The number of carbonyl (C=O) groups excluding carboxylic acids is 2. The van der Waals surface area contributed by atoms with Crippen LogP contribution in [0, 0.1) is 0 Å². The van der Waals surface area contributed by atoms with Crippen molar-refractivity contribution >= 4 is 22.6 Å². The van der Waals surface area contributed by atoms with E-state index in [4.69, 9.17) is 0 Å². The van der Waals surface area contributed by atoms with Gasteiger partial charge in [0.05, 0.1) is 6.54 Å². The lowest BCUT2D eigenvalue weighted by Gasteiger charge is -2.57. The zero-order valence-corrected chi connectivity index (χ0v) is 17.0. The third-order valence-corrected chi connectivity index (χ3v) is 7.14. The molecule has 0 N–H and O–H groups in total. The molecule has 2 aromatic rings. The Morgan fingerprint density at radius 2 is 1.59 bits per heavy atom. The second kappa shape index (κ2) is 7.45. The fourth-order valence-corrected chi connectivity index (χ4v) is 5.32. The Morgan fingerprint density at radius 3 is 2.34 bits per heavy atom. The van der Waals surface area contributed by atoms with Crippen molar-refractivity contribution in [3.63, 3.8) is 0 Å². The normalized spacial score (nSPS) is 24.8. The highest BCUT2D eigenvalue weighted by Gasteiger charge is 2.48. The van der Waals surface area contributed by atoms with Gasteiger partial charge in [0.25, 0.3) is 5.91 Å². The van der Waals surface area contributed by atoms with Crippen LogP contribution >= 0.6 is 0 Å². The molecule has 0 aliphatic carbocycles. The van der Waals surface area contributed by atoms with E-state index in [1.54, 1.807) is 0 Å². The summed E-state index contributed by atoms with van der Waals surface area (Å²) in [6, 6.07) is 14.1. The SMILES string of the molecule is O=C(CN1CC[C@@]12CCCN(C(=O)c1ccc3ccccc3c1)C2)N1CCCC1. The number of hydrogen-bond donors (Lipinski definition) is 0. The summed E-state index contributed by atoms with van der Waals surface area (Å²) in [6.45, 7) is 4.85. The van der Waals surface area contributed by atoms with Crippen LogP contribution in [0.3, 0.4) is 0 Å². The van der Waals surface area contributed by atoms with Gasteiger partial charge in [-0.1, -0.05) is 30.3 Å². The summed E-state index contributed by atoms with van der Waals surface area (Å²) in [7, 11) is 0. The molecule has 3 saturated heterocycles. The van der Waals surface area contributed by atoms with Crippen LogP contribution in [0.2, 0.25) is 0 Å². The molecule has 1 atom stereocenters. The predicted molar refractivity (Wildman–Crippen MR) is 114 cm³/mol. The van der Waals surface area contributed by atoms with Gasteiger partial charge in [-0.25, -0.2) is 0 Å². The summed E-state index contributed by atoms with van der Waals surface area (Å²) in [5.74, 6) is 0.382. The Labute approximate surface area is 172 Å². The maximum absolute atomic E-state index is 13.2. The molecule has 2 aromatic carbocycles. The molecule has 3 fully saturated rings. The molecule has 3 heterocycles. The fraction of sp³-hybridized carbons (Fsp3) is 0.500. The molecule has 3 aliphatic heterocycles. The Kier molecular flexibility index (Phi) is 4.78. The van der Waals surface area contributed by atoms with E-state index in [-0.39, 0.29) is 17.4 Å². The molecule has 5 nitrogen and oxygen atoms in total. The maximum Gasteiger partial charge on any atom is 0.253 e. The van der Waals surface area contributed by atoms with Crippen LogP contribution < -0.4 is 0 Å². The molecule has 0 radical (unpaired) electrons. The summed E-state index contributed by atoms with van der Waals surface area (Å²) < 4.78 is 0. The second-order valence-electron chi connectivity index (χ2n) is 8.88. The highest BCUT2D eigenvalue weighted by atomic mass is 16.2. The molecule has 0 unspecified atom stereocenters. The molecule has 2 amide bonds. The van der Waals surface area contributed by atoms with E-state index in [1.807, 2.05) is 40.1 Å². The zero-order chi connectivity index (χ0) is 19.8. The summed E-state index contributed by atoms with van der Waals surface area (Å²) >= 11 is 0. The van der Waals surface area contributed by atoms with E-state index in [1.165, 1.54) is 0 Å². The first kappa shape index (κ1) is 18.6. The van der Waals surface area contributed by atoms with E-state index in [9.17, 15) is 9.59 Å². The standard InChI is InChI=1S/C24H29N3O2/c28-22(25-12-3-4-13-25)17-27-15-11-24(27)10-5-14-26(18-24)23(29)21-9-8-19-6-1-2-7-20(19)16-21/h1-2,6-9,16H,3-5,10-15,17-18H2/t24-/m1/s1. The van der Waals surface area contributed by atoms with Gasteiger partial charge in [0, 0.05) is 43.8 Å². The van der Waals surface area contributed by atoms with Crippen LogP contribution in [0.15, 0.2) is 42.5 Å². The van der Waals surface area contributed by atoms with Crippen molar-refractivity contribution in [1.82, 2.24) is 14.7 Å². The minimum absolute atomic E-state index is 0.000141. The monoisotopic (exact) mass is 391 g/mol.